The fourth-order valence-corrected chi connectivity index (χ4v) is 2.85. The van der Waals surface area contributed by atoms with E-state index in [4.69, 9.17) is 0 Å². The van der Waals surface area contributed by atoms with Crippen molar-refractivity contribution in [1.82, 2.24) is 10.6 Å². The summed E-state index contributed by atoms with van der Waals surface area (Å²) in [6, 6.07) is 0. The first-order valence-corrected chi connectivity index (χ1v) is 6.88. The molecule has 1 fully saturated rings. The standard InChI is InChI=1S/C13H25N3/c1-11-5-2-3-6-12(11)7-10-16-13-14-8-4-9-15-13/h11-12H,2-10H2,1H3,(H2,14,15,16). The second kappa shape index (κ2) is 6.12. The molecule has 0 amide bonds. The predicted molar refractivity (Wildman–Crippen MR) is 68.7 cm³/mol. The molecule has 1 heterocycles. The van der Waals surface area contributed by atoms with Crippen molar-refractivity contribution in [2.75, 3.05) is 19.6 Å². The van der Waals surface area contributed by atoms with Gasteiger partial charge < -0.3 is 10.6 Å². The lowest BCUT2D eigenvalue weighted by Crippen LogP contribution is -2.41. The van der Waals surface area contributed by atoms with Crippen LogP contribution in [0.2, 0.25) is 0 Å². The van der Waals surface area contributed by atoms with Gasteiger partial charge in [-0.15, -0.1) is 0 Å². The topological polar surface area (TPSA) is 36.4 Å². The molecule has 1 saturated carbocycles. The zero-order valence-electron chi connectivity index (χ0n) is 10.5. The van der Waals surface area contributed by atoms with Crippen LogP contribution < -0.4 is 10.6 Å². The van der Waals surface area contributed by atoms with E-state index >= 15 is 0 Å². The van der Waals surface area contributed by atoms with E-state index in [-0.39, 0.29) is 0 Å². The van der Waals surface area contributed by atoms with E-state index in [1.807, 2.05) is 0 Å². The first-order valence-electron chi connectivity index (χ1n) is 6.88. The second-order valence-corrected chi connectivity index (χ2v) is 5.25. The number of rotatable bonds is 3. The third kappa shape index (κ3) is 3.39. The molecule has 0 radical (unpaired) electrons. The average molecular weight is 223 g/mol. The molecular formula is C13H25N3. The summed E-state index contributed by atoms with van der Waals surface area (Å²) in [5.41, 5.74) is 0. The Balaban J connectivity index is 1.64. The van der Waals surface area contributed by atoms with Gasteiger partial charge in [-0.05, 0) is 24.7 Å². The normalized spacial score (nSPS) is 30.4. The van der Waals surface area contributed by atoms with Gasteiger partial charge in [0, 0.05) is 19.6 Å². The average Bonchev–Trinajstić information content (AvgIpc) is 2.33. The molecule has 1 aliphatic carbocycles. The highest BCUT2D eigenvalue weighted by molar-refractivity contribution is 5.80. The molecule has 0 saturated heterocycles. The molecule has 2 aliphatic rings. The third-order valence-corrected chi connectivity index (χ3v) is 3.99. The largest absolute Gasteiger partial charge is 0.356 e. The van der Waals surface area contributed by atoms with Crippen LogP contribution in [-0.4, -0.2) is 25.6 Å². The highest BCUT2D eigenvalue weighted by Gasteiger charge is 2.20. The minimum atomic E-state index is 0.928. The summed E-state index contributed by atoms with van der Waals surface area (Å²) in [7, 11) is 0. The van der Waals surface area contributed by atoms with E-state index in [0.29, 0.717) is 0 Å². The molecule has 0 bridgehead atoms. The van der Waals surface area contributed by atoms with Crippen LogP contribution in [0.5, 0.6) is 0 Å². The Kier molecular flexibility index (Phi) is 4.49. The Morgan fingerprint density at radius 3 is 2.94 bits per heavy atom. The van der Waals surface area contributed by atoms with Crippen LogP contribution in [0.3, 0.4) is 0 Å². The second-order valence-electron chi connectivity index (χ2n) is 5.25. The minimum absolute atomic E-state index is 0.928. The molecule has 0 aromatic heterocycles. The van der Waals surface area contributed by atoms with Crippen LogP contribution >= 0.6 is 0 Å². The Morgan fingerprint density at radius 2 is 2.19 bits per heavy atom. The lowest BCUT2D eigenvalue weighted by atomic mass is 9.79. The van der Waals surface area contributed by atoms with Gasteiger partial charge in [-0.1, -0.05) is 32.6 Å². The van der Waals surface area contributed by atoms with E-state index in [1.165, 1.54) is 38.5 Å². The fourth-order valence-electron chi connectivity index (χ4n) is 2.85. The number of hydrogen-bond donors (Lipinski definition) is 2. The summed E-state index contributed by atoms with van der Waals surface area (Å²) >= 11 is 0. The van der Waals surface area contributed by atoms with Crippen molar-refractivity contribution in [2.45, 2.75) is 45.4 Å². The number of nitrogens with one attached hydrogen (secondary N) is 2. The molecule has 0 aromatic carbocycles. The quantitative estimate of drug-likeness (QED) is 0.769. The van der Waals surface area contributed by atoms with E-state index in [0.717, 1.165) is 37.4 Å². The Hall–Kier alpha value is -0.730. The first-order chi connectivity index (χ1) is 7.86. The van der Waals surface area contributed by atoms with Crippen molar-refractivity contribution in [3.8, 4) is 0 Å². The van der Waals surface area contributed by atoms with Crippen molar-refractivity contribution in [3.63, 3.8) is 0 Å². The number of aliphatic imine (C=N–C) groups is 1. The molecule has 1 aliphatic heterocycles. The monoisotopic (exact) mass is 223 g/mol. The number of hydrogen-bond acceptors (Lipinski definition) is 3. The van der Waals surface area contributed by atoms with Crippen LogP contribution in [-0.2, 0) is 0 Å². The lowest BCUT2D eigenvalue weighted by Gasteiger charge is -2.29. The summed E-state index contributed by atoms with van der Waals surface area (Å²) in [6.45, 7) is 5.56. The molecule has 2 atom stereocenters. The molecule has 92 valence electrons. The molecular weight excluding hydrogens is 198 g/mol. The van der Waals surface area contributed by atoms with Gasteiger partial charge in [0.15, 0.2) is 5.96 Å². The highest BCUT2D eigenvalue weighted by atomic mass is 15.2. The molecule has 2 rings (SSSR count). The zero-order chi connectivity index (χ0) is 11.2. The highest BCUT2D eigenvalue weighted by Crippen LogP contribution is 2.31. The summed E-state index contributed by atoms with van der Waals surface area (Å²) in [6.07, 6.45) is 8.23. The van der Waals surface area contributed by atoms with Gasteiger partial charge in [-0.3, -0.25) is 4.99 Å². The molecule has 0 spiro atoms. The van der Waals surface area contributed by atoms with Gasteiger partial charge in [0.1, 0.15) is 0 Å². The SMILES string of the molecule is CC1CCCCC1CCNC1=NCCCN1. The van der Waals surface area contributed by atoms with Crippen LogP contribution in [0, 0.1) is 11.8 Å². The Labute approximate surface area is 99.1 Å². The van der Waals surface area contributed by atoms with E-state index in [2.05, 4.69) is 22.5 Å². The molecule has 2 N–H and O–H groups in total. The van der Waals surface area contributed by atoms with E-state index in [1.54, 1.807) is 0 Å². The van der Waals surface area contributed by atoms with Gasteiger partial charge in [0.25, 0.3) is 0 Å². The maximum atomic E-state index is 4.43. The van der Waals surface area contributed by atoms with E-state index in [9.17, 15) is 0 Å². The maximum absolute atomic E-state index is 4.43. The van der Waals surface area contributed by atoms with Gasteiger partial charge in [0.05, 0.1) is 0 Å². The van der Waals surface area contributed by atoms with Crippen molar-refractivity contribution in [3.05, 3.63) is 0 Å². The first kappa shape index (κ1) is 11.7. The Morgan fingerprint density at radius 1 is 1.31 bits per heavy atom. The number of nitrogens with zero attached hydrogens (tertiary/aromatic N) is 1. The van der Waals surface area contributed by atoms with Gasteiger partial charge in [-0.2, -0.15) is 0 Å². The summed E-state index contributed by atoms with van der Waals surface area (Å²) in [4.78, 5) is 4.43. The molecule has 3 heteroatoms. The maximum Gasteiger partial charge on any atom is 0.191 e. The smallest absolute Gasteiger partial charge is 0.191 e. The summed E-state index contributed by atoms with van der Waals surface area (Å²) < 4.78 is 0. The minimum Gasteiger partial charge on any atom is -0.356 e. The lowest BCUT2D eigenvalue weighted by molar-refractivity contribution is 0.243. The van der Waals surface area contributed by atoms with Crippen molar-refractivity contribution < 1.29 is 0 Å². The number of guanidine groups is 1. The van der Waals surface area contributed by atoms with Gasteiger partial charge in [0.2, 0.25) is 0 Å². The molecule has 2 unspecified atom stereocenters. The third-order valence-electron chi connectivity index (χ3n) is 3.99. The van der Waals surface area contributed by atoms with Crippen molar-refractivity contribution in [2.24, 2.45) is 16.8 Å². The van der Waals surface area contributed by atoms with Gasteiger partial charge in [-0.25, -0.2) is 0 Å². The summed E-state index contributed by atoms with van der Waals surface area (Å²) in [5.74, 6) is 2.89. The molecule has 0 aromatic rings. The predicted octanol–water partition coefficient (Wildman–Crippen LogP) is 2.14. The van der Waals surface area contributed by atoms with Crippen LogP contribution in [0.25, 0.3) is 0 Å². The van der Waals surface area contributed by atoms with Gasteiger partial charge >= 0.3 is 0 Å². The zero-order valence-corrected chi connectivity index (χ0v) is 10.5. The van der Waals surface area contributed by atoms with Crippen LogP contribution in [0.4, 0.5) is 0 Å². The van der Waals surface area contributed by atoms with Crippen LogP contribution in [0.15, 0.2) is 4.99 Å². The van der Waals surface area contributed by atoms with Crippen LogP contribution in [0.1, 0.15) is 45.4 Å². The Bertz CT molecular complexity index is 237. The summed E-state index contributed by atoms with van der Waals surface area (Å²) in [5, 5.41) is 6.74. The molecule has 3 nitrogen and oxygen atoms in total. The van der Waals surface area contributed by atoms with E-state index < -0.39 is 0 Å². The van der Waals surface area contributed by atoms with Crippen molar-refractivity contribution >= 4 is 5.96 Å². The fraction of sp³-hybridized carbons (Fsp3) is 0.923. The van der Waals surface area contributed by atoms with Crippen molar-refractivity contribution in [1.29, 1.82) is 0 Å². The molecule has 16 heavy (non-hydrogen) atoms.